The molecule has 2 fully saturated rings. The van der Waals surface area contributed by atoms with Crippen LogP contribution in [0, 0.1) is 0 Å². The molecule has 1 amide bonds. The maximum absolute atomic E-state index is 12.2. The second-order valence-electron chi connectivity index (χ2n) is 4.90. The minimum Gasteiger partial charge on any atom is -0.467 e. The third-order valence-corrected chi connectivity index (χ3v) is 6.02. The van der Waals surface area contributed by atoms with Crippen LogP contribution in [0.3, 0.4) is 0 Å². The summed E-state index contributed by atoms with van der Waals surface area (Å²) in [7, 11) is 1.37. The molecule has 0 radical (unpaired) electrons. The Bertz CT molecular complexity index is 562. The molecule has 2 aliphatic rings. The van der Waals surface area contributed by atoms with E-state index in [0.717, 1.165) is 16.5 Å². The molecular weight excluding hydrogens is 342 g/mol. The Morgan fingerprint density at radius 3 is 2.80 bits per heavy atom. The molecule has 20 heavy (non-hydrogen) atoms. The predicted molar refractivity (Wildman–Crippen MR) is 80.2 cm³/mol. The molecule has 2 heterocycles. The molecule has 0 aliphatic carbocycles. The van der Waals surface area contributed by atoms with E-state index in [1.54, 1.807) is 16.7 Å². The average molecular weight is 356 g/mol. The van der Waals surface area contributed by atoms with E-state index in [0.29, 0.717) is 12.2 Å². The zero-order valence-corrected chi connectivity index (χ0v) is 13.4. The largest absolute Gasteiger partial charge is 0.467 e. The summed E-state index contributed by atoms with van der Waals surface area (Å²) in [4.78, 5) is 25.4. The summed E-state index contributed by atoms with van der Waals surface area (Å²) in [6.45, 7) is 0. The number of carbonyl (C=O) groups excluding carboxylic acids is 2. The minimum absolute atomic E-state index is 0.0355. The molecule has 2 atom stereocenters. The Hall–Kier alpha value is -1.01. The predicted octanol–water partition coefficient (Wildman–Crippen LogP) is 2.51. The lowest BCUT2D eigenvalue weighted by Gasteiger charge is -2.33. The number of thioether (sulfide) groups is 1. The molecular formula is C14H14BrNO3S. The molecule has 0 aromatic heterocycles. The normalized spacial score (nSPS) is 28.6. The summed E-state index contributed by atoms with van der Waals surface area (Å²) in [5.74, 6) is 0.300. The van der Waals surface area contributed by atoms with Crippen molar-refractivity contribution in [3.63, 3.8) is 0 Å². The van der Waals surface area contributed by atoms with Gasteiger partial charge in [-0.3, -0.25) is 4.79 Å². The zero-order valence-electron chi connectivity index (χ0n) is 11.0. The molecule has 0 N–H and O–H groups in total. The maximum Gasteiger partial charge on any atom is 0.329 e. The lowest BCUT2D eigenvalue weighted by Crippen LogP contribution is -2.46. The van der Waals surface area contributed by atoms with Crippen molar-refractivity contribution >= 4 is 39.6 Å². The number of benzene rings is 1. The first-order valence-electron chi connectivity index (χ1n) is 6.38. The first-order valence-corrected chi connectivity index (χ1v) is 8.16. The van der Waals surface area contributed by atoms with Gasteiger partial charge in [-0.25, -0.2) is 4.79 Å². The third-order valence-electron chi connectivity index (χ3n) is 3.90. The lowest BCUT2D eigenvalue weighted by molar-refractivity contribution is -0.151. The maximum atomic E-state index is 12.2. The highest BCUT2D eigenvalue weighted by Gasteiger charge is 2.57. The fourth-order valence-electron chi connectivity index (χ4n) is 2.96. The highest BCUT2D eigenvalue weighted by Crippen LogP contribution is 2.54. The van der Waals surface area contributed by atoms with Gasteiger partial charge in [0.05, 0.1) is 7.11 Å². The number of methoxy groups -OCH3 is 1. The van der Waals surface area contributed by atoms with E-state index >= 15 is 0 Å². The molecule has 0 saturated carbocycles. The number of ether oxygens (including phenoxy) is 1. The van der Waals surface area contributed by atoms with Gasteiger partial charge in [-0.15, -0.1) is 11.8 Å². The smallest absolute Gasteiger partial charge is 0.329 e. The first-order chi connectivity index (χ1) is 9.58. The molecule has 2 aliphatic heterocycles. The first kappa shape index (κ1) is 13.9. The molecule has 4 nitrogen and oxygen atoms in total. The van der Waals surface area contributed by atoms with Crippen LogP contribution >= 0.6 is 27.7 Å². The van der Waals surface area contributed by atoms with Gasteiger partial charge in [0.1, 0.15) is 10.9 Å². The van der Waals surface area contributed by atoms with Gasteiger partial charge < -0.3 is 9.64 Å². The average Bonchev–Trinajstić information content (AvgIpc) is 2.99. The van der Waals surface area contributed by atoms with Gasteiger partial charge in [0.25, 0.3) is 0 Å². The Labute approximate surface area is 130 Å². The van der Waals surface area contributed by atoms with E-state index in [2.05, 4.69) is 15.9 Å². The second-order valence-corrected chi connectivity index (χ2v) is 7.12. The van der Waals surface area contributed by atoms with Crippen LogP contribution in [0.4, 0.5) is 0 Å². The quantitative estimate of drug-likeness (QED) is 0.764. The Kier molecular flexibility index (Phi) is 3.54. The molecule has 1 aromatic carbocycles. The van der Waals surface area contributed by atoms with Gasteiger partial charge in [-0.2, -0.15) is 0 Å². The van der Waals surface area contributed by atoms with Crippen molar-refractivity contribution in [2.24, 2.45) is 0 Å². The molecule has 2 saturated heterocycles. The van der Waals surface area contributed by atoms with Crippen LogP contribution in [-0.2, 0) is 19.2 Å². The van der Waals surface area contributed by atoms with Gasteiger partial charge in [0.2, 0.25) is 5.91 Å². The van der Waals surface area contributed by atoms with Crippen LogP contribution in [0.1, 0.15) is 18.4 Å². The monoisotopic (exact) mass is 355 g/mol. The topological polar surface area (TPSA) is 46.6 Å². The number of esters is 1. The van der Waals surface area contributed by atoms with Crippen LogP contribution in [0.15, 0.2) is 28.7 Å². The zero-order chi connectivity index (χ0) is 14.3. The van der Waals surface area contributed by atoms with Crippen LogP contribution in [0.25, 0.3) is 0 Å². The Morgan fingerprint density at radius 1 is 1.45 bits per heavy atom. The number of hydrogen-bond acceptors (Lipinski definition) is 4. The number of rotatable bonds is 2. The number of hydrogen-bond donors (Lipinski definition) is 0. The number of nitrogens with zero attached hydrogens (tertiary/aromatic N) is 1. The van der Waals surface area contributed by atoms with E-state index in [1.165, 1.54) is 7.11 Å². The minimum atomic E-state index is -0.469. The molecule has 2 unspecified atom stereocenters. The summed E-state index contributed by atoms with van der Waals surface area (Å²) >= 11 is 5.08. The highest BCUT2D eigenvalue weighted by molar-refractivity contribution is 9.10. The number of carbonyl (C=O) groups is 2. The van der Waals surface area contributed by atoms with Gasteiger partial charge in [-0.05, 0) is 24.1 Å². The lowest BCUT2D eigenvalue weighted by atomic mass is 10.0. The van der Waals surface area contributed by atoms with Crippen molar-refractivity contribution in [2.45, 2.75) is 23.8 Å². The highest BCUT2D eigenvalue weighted by atomic mass is 79.9. The van der Waals surface area contributed by atoms with Gasteiger partial charge in [0, 0.05) is 16.6 Å². The Balaban J connectivity index is 2.02. The SMILES string of the molecule is COC(=O)C1CSC2(c3ccc(Br)cc3)CCC(=O)N12. The van der Waals surface area contributed by atoms with Gasteiger partial charge >= 0.3 is 5.97 Å². The van der Waals surface area contributed by atoms with Crippen molar-refractivity contribution in [1.29, 1.82) is 0 Å². The number of halogens is 1. The van der Waals surface area contributed by atoms with Crippen molar-refractivity contribution in [3.8, 4) is 0 Å². The second kappa shape index (κ2) is 5.07. The summed E-state index contributed by atoms with van der Waals surface area (Å²) in [5, 5.41) is 0. The van der Waals surface area contributed by atoms with E-state index in [-0.39, 0.29) is 11.9 Å². The van der Waals surface area contributed by atoms with Crippen molar-refractivity contribution in [2.75, 3.05) is 12.9 Å². The molecule has 0 spiro atoms. The van der Waals surface area contributed by atoms with Crippen molar-refractivity contribution < 1.29 is 14.3 Å². The summed E-state index contributed by atoms with van der Waals surface area (Å²) < 4.78 is 5.84. The molecule has 106 valence electrons. The van der Waals surface area contributed by atoms with Crippen LogP contribution < -0.4 is 0 Å². The third kappa shape index (κ3) is 1.97. The molecule has 0 bridgehead atoms. The van der Waals surface area contributed by atoms with E-state index in [9.17, 15) is 9.59 Å². The molecule has 3 rings (SSSR count). The van der Waals surface area contributed by atoms with Crippen molar-refractivity contribution in [3.05, 3.63) is 34.3 Å². The van der Waals surface area contributed by atoms with Crippen LogP contribution in [-0.4, -0.2) is 35.7 Å². The summed E-state index contributed by atoms with van der Waals surface area (Å²) in [6.07, 6.45) is 1.22. The number of amides is 1. The molecule has 6 heteroatoms. The fourth-order valence-corrected chi connectivity index (χ4v) is 4.86. The summed E-state index contributed by atoms with van der Waals surface area (Å²) in [6, 6.07) is 7.50. The van der Waals surface area contributed by atoms with Crippen LogP contribution in [0.2, 0.25) is 0 Å². The van der Waals surface area contributed by atoms with Crippen molar-refractivity contribution in [1.82, 2.24) is 4.90 Å². The van der Waals surface area contributed by atoms with E-state index < -0.39 is 10.9 Å². The summed E-state index contributed by atoms with van der Waals surface area (Å²) in [5.41, 5.74) is 1.07. The van der Waals surface area contributed by atoms with Gasteiger partial charge in [-0.1, -0.05) is 28.1 Å². The van der Waals surface area contributed by atoms with Gasteiger partial charge in [0.15, 0.2) is 0 Å². The Morgan fingerprint density at radius 2 is 2.15 bits per heavy atom. The standard InChI is InChI=1S/C14H14BrNO3S/c1-19-13(18)11-8-20-14(7-6-12(17)16(11)14)9-2-4-10(15)5-3-9/h2-5,11H,6-8H2,1H3. The molecule has 1 aromatic rings. The number of fused-ring (bicyclic) bond motifs is 1. The van der Waals surface area contributed by atoms with Crippen LogP contribution in [0.5, 0.6) is 0 Å². The van der Waals surface area contributed by atoms with E-state index in [1.807, 2.05) is 24.3 Å². The van der Waals surface area contributed by atoms with E-state index in [4.69, 9.17) is 4.74 Å². The fraction of sp³-hybridized carbons (Fsp3) is 0.429.